The molecule has 2 amide bonds. The highest BCUT2D eigenvalue weighted by atomic mass is 32.2. The van der Waals surface area contributed by atoms with Gasteiger partial charge in [0.05, 0.1) is 18.6 Å². The van der Waals surface area contributed by atoms with Gasteiger partial charge < -0.3 is 19.9 Å². The van der Waals surface area contributed by atoms with Crippen LogP contribution in [-0.4, -0.2) is 87.8 Å². The summed E-state index contributed by atoms with van der Waals surface area (Å²) in [5.41, 5.74) is 2.68. The molecule has 212 valence electrons. The SMILES string of the molecule is COc1ccc(S(=O)(=O)N(CCc2ccccc2)CC(=O)Nc2ccc(C(=O)N3CCN(C)CC3)cc2)cc1C. The van der Waals surface area contributed by atoms with Crippen molar-refractivity contribution in [2.45, 2.75) is 18.2 Å². The number of aryl methyl sites for hydroxylation is 1. The average Bonchev–Trinajstić information content (AvgIpc) is 2.96. The van der Waals surface area contributed by atoms with E-state index in [4.69, 9.17) is 4.74 Å². The van der Waals surface area contributed by atoms with Crippen molar-refractivity contribution in [1.82, 2.24) is 14.1 Å². The summed E-state index contributed by atoms with van der Waals surface area (Å²) in [5.74, 6) is 0.0704. The van der Waals surface area contributed by atoms with E-state index in [-0.39, 0.29) is 23.9 Å². The van der Waals surface area contributed by atoms with Crippen LogP contribution in [0.4, 0.5) is 5.69 Å². The summed E-state index contributed by atoms with van der Waals surface area (Å²) in [7, 11) is -0.414. The maximum atomic E-state index is 13.6. The molecule has 1 fully saturated rings. The molecule has 0 saturated carbocycles. The number of anilines is 1. The molecule has 0 unspecified atom stereocenters. The lowest BCUT2D eigenvalue weighted by Gasteiger charge is -2.32. The molecule has 10 heteroatoms. The van der Waals surface area contributed by atoms with Crippen LogP contribution in [-0.2, 0) is 21.2 Å². The van der Waals surface area contributed by atoms with E-state index in [2.05, 4.69) is 10.2 Å². The molecule has 0 aromatic heterocycles. The fourth-order valence-corrected chi connectivity index (χ4v) is 6.07. The number of hydrogen-bond donors (Lipinski definition) is 1. The van der Waals surface area contributed by atoms with Crippen LogP contribution < -0.4 is 10.1 Å². The Balaban J connectivity index is 1.47. The number of amides is 2. The fourth-order valence-electron chi connectivity index (χ4n) is 4.59. The first-order valence-electron chi connectivity index (χ1n) is 13.2. The van der Waals surface area contributed by atoms with E-state index < -0.39 is 15.9 Å². The molecule has 40 heavy (non-hydrogen) atoms. The van der Waals surface area contributed by atoms with Gasteiger partial charge in [-0.1, -0.05) is 30.3 Å². The normalized spacial score (nSPS) is 14.2. The van der Waals surface area contributed by atoms with Gasteiger partial charge in [0.1, 0.15) is 5.75 Å². The number of carbonyl (C=O) groups excluding carboxylic acids is 2. The van der Waals surface area contributed by atoms with E-state index in [1.54, 1.807) is 43.3 Å². The minimum absolute atomic E-state index is 0.0426. The molecule has 0 aliphatic carbocycles. The van der Waals surface area contributed by atoms with Gasteiger partial charge >= 0.3 is 0 Å². The molecule has 0 radical (unpaired) electrons. The number of sulfonamides is 1. The number of nitrogens with one attached hydrogen (secondary N) is 1. The summed E-state index contributed by atoms with van der Waals surface area (Å²) >= 11 is 0. The van der Waals surface area contributed by atoms with Crippen molar-refractivity contribution >= 4 is 27.5 Å². The standard InChI is InChI=1S/C30H36N4O5S/c1-23-21-27(13-14-28(23)39-3)40(37,38)34(16-15-24-7-5-4-6-8-24)22-29(35)31-26-11-9-25(10-12-26)30(36)33-19-17-32(2)18-20-33/h4-14,21H,15-20,22H2,1-3H3,(H,31,35). The van der Waals surface area contributed by atoms with Crippen molar-refractivity contribution in [3.05, 3.63) is 89.5 Å². The van der Waals surface area contributed by atoms with E-state index in [1.807, 2.05) is 42.3 Å². The number of ether oxygens (including phenoxy) is 1. The first kappa shape index (κ1) is 29.3. The van der Waals surface area contributed by atoms with Crippen LogP contribution in [0.1, 0.15) is 21.5 Å². The smallest absolute Gasteiger partial charge is 0.253 e. The molecule has 1 aliphatic heterocycles. The first-order chi connectivity index (χ1) is 19.2. The van der Waals surface area contributed by atoms with Gasteiger partial charge in [0.2, 0.25) is 15.9 Å². The van der Waals surface area contributed by atoms with Gasteiger partial charge in [0, 0.05) is 44.0 Å². The molecule has 0 spiro atoms. The number of benzene rings is 3. The van der Waals surface area contributed by atoms with E-state index >= 15 is 0 Å². The van der Waals surface area contributed by atoms with Crippen LogP contribution in [0.2, 0.25) is 0 Å². The molecule has 3 aromatic carbocycles. The van der Waals surface area contributed by atoms with Gasteiger partial charge in [-0.05, 0) is 74.0 Å². The van der Waals surface area contributed by atoms with Gasteiger partial charge in [-0.3, -0.25) is 9.59 Å². The van der Waals surface area contributed by atoms with Gasteiger partial charge in [0.25, 0.3) is 5.91 Å². The highest BCUT2D eigenvalue weighted by molar-refractivity contribution is 7.89. The molecule has 4 rings (SSSR count). The van der Waals surface area contributed by atoms with E-state index in [1.165, 1.54) is 17.5 Å². The minimum atomic E-state index is -3.98. The lowest BCUT2D eigenvalue weighted by atomic mass is 10.1. The maximum absolute atomic E-state index is 13.6. The zero-order valence-electron chi connectivity index (χ0n) is 23.2. The van der Waals surface area contributed by atoms with Crippen LogP contribution in [0.3, 0.4) is 0 Å². The van der Waals surface area contributed by atoms with E-state index in [9.17, 15) is 18.0 Å². The van der Waals surface area contributed by atoms with Gasteiger partial charge in [0.15, 0.2) is 0 Å². The lowest BCUT2D eigenvalue weighted by molar-refractivity contribution is -0.116. The Hall–Kier alpha value is -3.73. The second-order valence-corrected chi connectivity index (χ2v) is 11.9. The van der Waals surface area contributed by atoms with Crippen LogP contribution in [0.15, 0.2) is 77.7 Å². The molecule has 1 saturated heterocycles. The van der Waals surface area contributed by atoms with Gasteiger partial charge in [-0.2, -0.15) is 4.31 Å². The number of methoxy groups -OCH3 is 1. The second-order valence-electron chi connectivity index (χ2n) is 9.93. The van der Waals surface area contributed by atoms with Crippen LogP contribution in [0.5, 0.6) is 5.75 Å². The summed E-state index contributed by atoms with van der Waals surface area (Å²) < 4.78 is 33.8. The molecule has 0 bridgehead atoms. The van der Waals surface area contributed by atoms with Crippen molar-refractivity contribution in [3.8, 4) is 5.75 Å². The number of rotatable bonds is 10. The Bertz CT molecular complexity index is 1420. The summed E-state index contributed by atoms with van der Waals surface area (Å²) in [5, 5.41) is 2.78. The predicted molar refractivity (Wildman–Crippen MR) is 155 cm³/mol. The second kappa shape index (κ2) is 13.1. The Morgan fingerprint density at radius 3 is 2.25 bits per heavy atom. The molecule has 3 aromatic rings. The van der Waals surface area contributed by atoms with Crippen molar-refractivity contribution < 1.29 is 22.7 Å². The molecular formula is C30H36N4O5S. The molecule has 9 nitrogen and oxygen atoms in total. The summed E-state index contributed by atoms with van der Waals surface area (Å²) in [6.07, 6.45) is 0.450. The number of hydrogen-bond acceptors (Lipinski definition) is 6. The summed E-state index contributed by atoms with van der Waals surface area (Å²) in [6, 6.07) is 20.9. The Morgan fingerprint density at radius 1 is 0.950 bits per heavy atom. The fraction of sp³-hybridized carbons (Fsp3) is 0.333. The van der Waals surface area contributed by atoms with Crippen molar-refractivity contribution in [2.24, 2.45) is 0 Å². The topological polar surface area (TPSA) is 99.3 Å². The maximum Gasteiger partial charge on any atom is 0.253 e. The van der Waals surface area contributed by atoms with Gasteiger partial charge in [-0.25, -0.2) is 8.42 Å². The van der Waals surface area contributed by atoms with Crippen LogP contribution in [0.25, 0.3) is 0 Å². The molecule has 0 atom stereocenters. The highest BCUT2D eigenvalue weighted by Gasteiger charge is 2.27. The predicted octanol–water partition coefficient (Wildman–Crippen LogP) is 3.26. The highest BCUT2D eigenvalue weighted by Crippen LogP contribution is 2.24. The Kier molecular flexibility index (Phi) is 9.57. The third-order valence-corrected chi connectivity index (χ3v) is 8.86. The van der Waals surface area contributed by atoms with Crippen LogP contribution >= 0.6 is 0 Å². The summed E-state index contributed by atoms with van der Waals surface area (Å²) in [4.78, 5) is 30.0. The van der Waals surface area contributed by atoms with E-state index in [0.717, 1.165) is 18.7 Å². The number of nitrogens with zero attached hydrogens (tertiary/aromatic N) is 3. The molecule has 1 N–H and O–H groups in total. The zero-order valence-corrected chi connectivity index (χ0v) is 24.0. The number of piperazine rings is 1. The molecule has 1 heterocycles. The molecular weight excluding hydrogens is 528 g/mol. The quantitative estimate of drug-likeness (QED) is 0.406. The lowest BCUT2D eigenvalue weighted by Crippen LogP contribution is -2.47. The minimum Gasteiger partial charge on any atom is -0.496 e. The van der Waals surface area contributed by atoms with E-state index in [0.29, 0.717) is 42.1 Å². The largest absolute Gasteiger partial charge is 0.496 e. The van der Waals surface area contributed by atoms with Gasteiger partial charge in [-0.15, -0.1) is 0 Å². The number of likely N-dealkylation sites (N-methyl/N-ethyl adjacent to an activating group) is 1. The third-order valence-electron chi connectivity index (χ3n) is 7.02. The number of carbonyl (C=O) groups is 2. The van der Waals surface area contributed by atoms with Crippen LogP contribution in [0, 0.1) is 6.92 Å². The molecule has 1 aliphatic rings. The monoisotopic (exact) mass is 564 g/mol. The summed E-state index contributed by atoms with van der Waals surface area (Å²) in [6.45, 7) is 4.56. The Labute approximate surface area is 236 Å². The van der Waals surface area contributed by atoms with Crippen molar-refractivity contribution in [3.63, 3.8) is 0 Å². The average molecular weight is 565 g/mol. The van der Waals surface area contributed by atoms with Crippen molar-refractivity contribution in [2.75, 3.05) is 58.7 Å². The van der Waals surface area contributed by atoms with Crippen molar-refractivity contribution in [1.29, 1.82) is 0 Å². The zero-order chi connectivity index (χ0) is 28.7. The third kappa shape index (κ3) is 7.26. The Morgan fingerprint density at radius 2 is 1.62 bits per heavy atom. The first-order valence-corrected chi connectivity index (χ1v) is 14.7.